The lowest BCUT2D eigenvalue weighted by Crippen LogP contribution is -2.42. The molecular formula is C8H15NO3. The van der Waals surface area contributed by atoms with Gasteiger partial charge < -0.3 is 14.7 Å². The normalized spacial score (nSPS) is 23.8. The zero-order valence-corrected chi connectivity index (χ0v) is 7.32. The number of hydrogen-bond acceptors (Lipinski definition) is 3. The Labute approximate surface area is 72.1 Å². The Kier molecular flexibility index (Phi) is 3.34. The van der Waals surface area contributed by atoms with Crippen LogP contribution in [0.15, 0.2) is 0 Å². The molecule has 0 aromatic carbocycles. The molecule has 1 amide bonds. The predicted molar refractivity (Wildman–Crippen MR) is 43.8 cm³/mol. The van der Waals surface area contributed by atoms with Crippen LogP contribution in [0, 0.1) is 0 Å². The Balaban J connectivity index is 2.35. The summed E-state index contributed by atoms with van der Waals surface area (Å²) < 4.78 is 4.81. The monoisotopic (exact) mass is 173 g/mol. The van der Waals surface area contributed by atoms with E-state index in [0.29, 0.717) is 19.7 Å². The van der Waals surface area contributed by atoms with E-state index >= 15 is 0 Å². The third-order valence-electron chi connectivity index (χ3n) is 1.92. The van der Waals surface area contributed by atoms with Crippen molar-refractivity contribution in [1.82, 2.24) is 4.90 Å². The summed E-state index contributed by atoms with van der Waals surface area (Å²) in [6.45, 7) is 3.29. The van der Waals surface area contributed by atoms with E-state index in [4.69, 9.17) is 4.74 Å². The fraction of sp³-hybridized carbons (Fsp3) is 0.875. The molecule has 12 heavy (non-hydrogen) atoms. The molecule has 4 heteroatoms. The highest BCUT2D eigenvalue weighted by atomic mass is 16.6. The van der Waals surface area contributed by atoms with Gasteiger partial charge in [-0.3, -0.25) is 0 Å². The quantitative estimate of drug-likeness (QED) is 0.631. The van der Waals surface area contributed by atoms with Gasteiger partial charge in [0.2, 0.25) is 0 Å². The van der Waals surface area contributed by atoms with Crippen LogP contribution in [0.25, 0.3) is 0 Å². The first-order valence-electron chi connectivity index (χ1n) is 4.33. The maximum absolute atomic E-state index is 11.1. The van der Waals surface area contributed by atoms with Gasteiger partial charge in [-0.15, -0.1) is 0 Å². The summed E-state index contributed by atoms with van der Waals surface area (Å²) in [5.41, 5.74) is 0. The van der Waals surface area contributed by atoms with Gasteiger partial charge in [0.25, 0.3) is 0 Å². The molecule has 1 atom stereocenters. The summed E-state index contributed by atoms with van der Waals surface area (Å²) in [7, 11) is 0. The molecule has 0 aliphatic carbocycles. The van der Waals surface area contributed by atoms with Crippen LogP contribution >= 0.6 is 0 Å². The van der Waals surface area contributed by atoms with Crippen LogP contribution < -0.4 is 0 Å². The Morgan fingerprint density at radius 2 is 2.50 bits per heavy atom. The first-order chi connectivity index (χ1) is 5.74. The van der Waals surface area contributed by atoms with Gasteiger partial charge in [-0.1, -0.05) is 0 Å². The van der Waals surface area contributed by atoms with Gasteiger partial charge in [0, 0.05) is 13.1 Å². The molecule has 1 aliphatic heterocycles. The van der Waals surface area contributed by atoms with E-state index in [1.165, 1.54) is 0 Å². The van der Waals surface area contributed by atoms with Gasteiger partial charge in [0.05, 0.1) is 12.7 Å². The van der Waals surface area contributed by atoms with E-state index in [9.17, 15) is 9.90 Å². The van der Waals surface area contributed by atoms with Crippen molar-refractivity contribution in [2.45, 2.75) is 25.9 Å². The number of nitrogens with zero attached hydrogens (tertiary/aromatic N) is 1. The topological polar surface area (TPSA) is 49.8 Å². The number of β-amino-alcohol motifs (C(OH)–C–C–N with tert-alkyl or cyclic N) is 1. The molecule has 1 unspecified atom stereocenters. The van der Waals surface area contributed by atoms with Gasteiger partial charge in [-0.2, -0.15) is 0 Å². The van der Waals surface area contributed by atoms with Gasteiger partial charge >= 0.3 is 6.09 Å². The van der Waals surface area contributed by atoms with E-state index in [1.54, 1.807) is 11.8 Å². The summed E-state index contributed by atoms with van der Waals surface area (Å²) in [4.78, 5) is 12.7. The van der Waals surface area contributed by atoms with Crippen LogP contribution in [-0.4, -0.2) is 41.9 Å². The molecule has 1 aliphatic rings. The number of likely N-dealkylation sites (tertiary alicyclic amines) is 1. The van der Waals surface area contributed by atoms with Crippen molar-refractivity contribution in [2.75, 3.05) is 19.7 Å². The van der Waals surface area contributed by atoms with Crippen molar-refractivity contribution in [3.05, 3.63) is 0 Å². The van der Waals surface area contributed by atoms with Crippen LogP contribution in [0.4, 0.5) is 4.79 Å². The maximum Gasteiger partial charge on any atom is 0.409 e. The number of carbonyl (C=O) groups is 1. The van der Waals surface area contributed by atoms with Gasteiger partial charge in [-0.05, 0) is 19.8 Å². The molecule has 0 aromatic rings. The van der Waals surface area contributed by atoms with Crippen molar-refractivity contribution in [2.24, 2.45) is 0 Å². The number of hydrogen-bond donors (Lipinski definition) is 1. The molecule has 1 fully saturated rings. The van der Waals surface area contributed by atoms with Crippen LogP contribution in [0.3, 0.4) is 0 Å². The summed E-state index contributed by atoms with van der Waals surface area (Å²) in [6.07, 6.45) is 0.968. The third kappa shape index (κ3) is 2.37. The largest absolute Gasteiger partial charge is 0.450 e. The van der Waals surface area contributed by atoms with Gasteiger partial charge in [0.15, 0.2) is 0 Å². The van der Waals surface area contributed by atoms with Gasteiger partial charge in [-0.25, -0.2) is 4.79 Å². The number of ether oxygens (including phenoxy) is 1. The summed E-state index contributed by atoms with van der Waals surface area (Å²) in [5.74, 6) is 0. The van der Waals surface area contributed by atoms with Crippen molar-refractivity contribution in [1.29, 1.82) is 0 Å². The predicted octanol–water partition coefficient (Wildman–Crippen LogP) is 0.600. The Morgan fingerprint density at radius 1 is 1.75 bits per heavy atom. The minimum Gasteiger partial charge on any atom is -0.450 e. The summed E-state index contributed by atoms with van der Waals surface area (Å²) in [6, 6.07) is 0. The number of aliphatic hydroxyl groups excluding tert-OH is 1. The number of aliphatic hydroxyl groups is 1. The molecule has 70 valence electrons. The van der Waals surface area contributed by atoms with Crippen molar-refractivity contribution < 1.29 is 14.6 Å². The van der Waals surface area contributed by atoms with Crippen molar-refractivity contribution in [3.8, 4) is 0 Å². The van der Waals surface area contributed by atoms with E-state index in [0.717, 1.165) is 12.8 Å². The van der Waals surface area contributed by atoms with E-state index in [-0.39, 0.29) is 12.2 Å². The first kappa shape index (κ1) is 9.32. The van der Waals surface area contributed by atoms with Crippen molar-refractivity contribution >= 4 is 6.09 Å². The molecule has 0 radical (unpaired) electrons. The van der Waals surface area contributed by atoms with E-state index in [2.05, 4.69) is 0 Å². The second-order valence-electron chi connectivity index (χ2n) is 2.94. The number of piperidine rings is 1. The molecule has 4 nitrogen and oxygen atoms in total. The second-order valence-corrected chi connectivity index (χ2v) is 2.94. The lowest BCUT2D eigenvalue weighted by molar-refractivity contribution is 0.0511. The molecule has 0 saturated carbocycles. The zero-order valence-electron chi connectivity index (χ0n) is 7.32. The molecule has 1 N–H and O–H groups in total. The highest BCUT2D eigenvalue weighted by Crippen LogP contribution is 2.10. The van der Waals surface area contributed by atoms with Crippen LogP contribution in [-0.2, 0) is 4.74 Å². The molecular weight excluding hydrogens is 158 g/mol. The number of rotatable bonds is 1. The average molecular weight is 173 g/mol. The fourth-order valence-corrected chi connectivity index (χ4v) is 1.34. The number of amides is 1. The van der Waals surface area contributed by atoms with Crippen LogP contribution in [0.1, 0.15) is 19.8 Å². The highest BCUT2D eigenvalue weighted by Gasteiger charge is 2.22. The Bertz CT molecular complexity index is 160. The molecule has 1 rings (SSSR count). The third-order valence-corrected chi connectivity index (χ3v) is 1.92. The van der Waals surface area contributed by atoms with Gasteiger partial charge in [0.1, 0.15) is 0 Å². The summed E-state index contributed by atoms with van der Waals surface area (Å²) >= 11 is 0. The minimum absolute atomic E-state index is 0.309. The van der Waals surface area contributed by atoms with E-state index in [1.807, 2.05) is 0 Å². The first-order valence-corrected chi connectivity index (χ1v) is 4.33. The average Bonchev–Trinajstić information content (AvgIpc) is 2.05. The standard InChI is InChI=1S/C8H15NO3/c1-2-12-8(11)9-5-3-4-7(10)6-9/h7,10H,2-6H2,1H3. The SMILES string of the molecule is CCOC(=O)N1CCCC(O)C1. The minimum atomic E-state index is -0.372. The molecule has 0 bridgehead atoms. The lowest BCUT2D eigenvalue weighted by Gasteiger charge is -2.28. The van der Waals surface area contributed by atoms with Crippen LogP contribution in [0.5, 0.6) is 0 Å². The Hall–Kier alpha value is -0.770. The molecule has 1 heterocycles. The van der Waals surface area contributed by atoms with Crippen molar-refractivity contribution in [3.63, 3.8) is 0 Å². The summed E-state index contributed by atoms with van der Waals surface area (Å²) in [5, 5.41) is 9.25. The molecule has 0 spiro atoms. The smallest absolute Gasteiger partial charge is 0.409 e. The lowest BCUT2D eigenvalue weighted by atomic mass is 10.1. The van der Waals surface area contributed by atoms with E-state index < -0.39 is 0 Å². The zero-order chi connectivity index (χ0) is 8.97. The molecule has 1 saturated heterocycles. The number of carbonyl (C=O) groups excluding carboxylic acids is 1. The second kappa shape index (κ2) is 4.30. The van der Waals surface area contributed by atoms with Crippen LogP contribution in [0.2, 0.25) is 0 Å². The maximum atomic E-state index is 11.1. The molecule has 0 aromatic heterocycles. The fourth-order valence-electron chi connectivity index (χ4n) is 1.34. The highest BCUT2D eigenvalue weighted by molar-refractivity contribution is 5.67. The Morgan fingerprint density at radius 3 is 3.08 bits per heavy atom.